The molecule has 7 nitrogen and oxygen atoms in total. The molecule has 0 aliphatic carbocycles. The van der Waals surface area contributed by atoms with Crippen LogP contribution in [-0.4, -0.2) is 51.4 Å². The molecule has 0 unspecified atom stereocenters. The van der Waals surface area contributed by atoms with Crippen molar-refractivity contribution in [2.45, 2.75) is 25.5 Å². The van der Waals surface area contributed by atoms with Crippen LogP contribution in [0.3, 0.4) is 0 Å². The molecule has 4 rings (SSSR count). The molecule has 0 atom stereocenters. The van der Waals surface area contributed by atoms with E-state index in [-0.39, 0.29) is 4.87 Å². The van der Waals surface area contributed by atoms with Crippen LogP contribution in [-0.2, 0) is 11.3 Å². The quantitative estimate of drug-likeness (QED) is 0.575. The number of aromatic nitrogens is 4. The van der Waals surface area contributed by atoms with E-state index >= 15 is 0 Å². The van der Waals surface area contributed by atoms with Crippen molar-refractivity contribution in [1.29, 1.82) is 0 Å². The molecule has 1 saturated heterocycles. The molecule has 0 amide bonds. The number of anilines is 1. The van der Waals surface area contributed by atoms with E-state index in [0.717, 1.165) is 41.3 Å². The first-order valence-electron chi connectivity index (χ1n) is 9.26. The van der Waals surface area contributed by atoms with Crippen LogP contribution >= 0.6 is 23.1 Å². The van der Waals surface area contributed by atoms with Crippen LogP contribution in [0.2, 0.25) is 0 Å². The van der Waals surface area contributed by atoms with Crippen molar-refractivity contribution in [1.82, 2.24) is 19.3 Å². The second-order valence-corrected chi connectivity index (χ2v) is 8.58. The van der Waals surface area contributed by atoms with E-state index in [0.29, 0.717) is 19.8 Å². The zero-order chi connectivity index (χ0) is 19.5. The van der Waals surface area contributed by atoms with Crippen LogP contribution in [0.25, 0.3) is 5.69 Å². The number of nitrogens with zero attached hydrogens (tertiary/aromatic N) is 5. The van der Waals surface area contributed by atoms with Gasteiger partial charge in [-0.1, -0.05) is 40.8 Å². The Bertz CT molecular complexity index is 987. The summed E-state index contributed by atoms with van der Waals surface area (Å²) in [6.07, 6.45) is 0. The number of benzene rings is 1. The normalized spacial score (nSPS) is 14.6. The summed E-state index contributed by atoms with van der Waals surface area (Å²) in [4.78, 5) is 14.2. The summed E-state index contributed by atoms with van der Waals surface area (Å²) in [7, 11) is 0. The smallest absolute Gasteiger partial charge is 0.307 e. The van der Waals surface area contributed by atoms with Gasteiger partial charge in [0.1, 0.15) is 0 Å². The Kier molecular flexibility index (Phi) is 5.84. The third kappa shape index (κ3) is 4.01. The summed E-state index contributed by atoms with van der Waals surface area (Å²) < 4.78 is 9.40. The highest BCUT2D eigenvalue weighted by atomic mass is 32.2. The maximum Gasteiger partial charge on any atom is 0.307 e. The average molecular weight is 418 g/mol. The lowest BCUT2D eigenvalue weighted by molar-refractivity contribution is 0.122. The number of hydrogen-bond acceptors (Lipinski definition) is 7. The molecule has 28 heavy (non-hydrogen) atoms. The van der Waals surface area contributed by atoms with Gasteiger partial charge in [-0.2, -0.15) is 0 Å². The van der Waals surface area contributed by atoms with Gasteiger partial charge in [-0.15, -0.1) is 10.2 Å². The first kappa shape index (κ1) is 19.2. The number of thiazole rings is 1. The molecule has 1 aliphatic rings. The number of aryl methyl sites for hydroxylation is 2. The van der Waals surface area contributed by atoms with Crippen molar-refractivity contribution < 1.29 is 4.74 Å². The maximum atomic E-state index is 11.9. The molecule has 0 saturated carbocycles. The van der Waals surface area contributed by atoms with Crippen LogP contribution in [0, 0.1) is 13.8 Å². The van der Waals surface area contributed by atoms with Crippen LogP contribution in [0.15, 0.2) is 39.6 Å². The van der Waals surface area contributed by atoms with Gasteiger partial charge >= 0.3 is 4.87 Å². The van der Waals surface area contributed by atoms with E-state index in [9.17, 15) is 4.79 Å². The molecule has 0 bridgehead atoms. The number of hydrogen-bond donors (Lipinski definition) is 0. The van der Waals surface area contributed by atoms with E-state index in [1.165, 1.54) is 16.9 Å². The Hall–Kier alpha value is -2.10. The van der Waals surface area contributed by atoms with E-state index < -0.39 is 0 Å². The van der Waals surface area contributed by atoms with Gasteiger partial charge in [-0.05, 0) is 26.0 Å². The highest BCUT2D eigenvalue weighted by molar-refractivity contribution is 7.99. The Balaban J connectivity index is 1.60. The molecule has 9 heteroatoms. The predicted molar refractivity (Wildman–Crippen MR) is 113 cm³/mol. The van der Waals surface area contributed by atoms with Gasteiger partial charge in [-0.3, -0.25) is 9.36 Å². The summed E-state index contributed by atoms with van der Waals surface area (Å²) in [5, 5.41) is 11.7. The summed E-state index contributed by atoms with van der Waals surface area (Å²) in [6, 6.07) is 8.39. The van der Waals surface area contributed by atoms with Crippen LogP contribution < -0.4 is 9.77 Å². The average Bonchev–Trinajstić information content (AvgIpc) is 3.27. The lowest BCUT2D eigenvalue weighted by Crippen LogP contribution is -2.37. The highest BCUT2D eigenvalue weighted by Crippen LogP contribution is 2.27. The minimum absolute atomic E-state index is 0.0899. The second-order valence-electron chi connectivity index (χ2n) is 6.70. The number of rotatable bonds is 6. The minimum atomic E-state index is 0.0899. The number of ether oxygens (including phenoxy) is 1. The number of morpholine rings is 1. The molecule has 1 aliphatic heterocycles. The molecule has 148 valence electrons. The summed E-state index contributed by atoms with van der Waals surface area (Å²) in [5.74, 6) is 1.60. The first-order valence-corrected chi connectivity index (χ1v) is 11.1. The Morgan fingerprint density at radius 2 is 1.89 bits per heavy atom. The monoisotopic (exact) mass is 417 g/mol. The topological polar surface area (TPSA) is 65.2 Å². The summed E-state index contributed by atoms with van der Waals surface area (Å²) in [5.41, 5.74) is 3.26. The highest BCUT2D eigenvalue weighted by Gasteiger charge is 2.21. The van der Waals surface area contributed by atoms with Gasteiger partial charge in [0.15, 0.2) is 5.16 Å². The fraction of sp³-hybridized carbons (Fsp3) is 0.421. The van der Waals surface area contributed by atoms with E-state index in [2.05, 4.69) is 50.9 Å². The van der Waals surface area contributed by atoms with Gasteiger partial charge in [0, 0.05) is 36.5 Å². The van der Waals surface area contributed by atoms with Crippen molar-refractivity contribution in [2.24, 2.45) is 0 Å². The van der Waals surface area contributed by atoms with E-state index in [1.807, 2.05) is 16.9 Å². The van der Waals surface area contributed by atoms with Crippen molar-refractivity contribution in [3.63, 3.8) is 0 Å². The van der Waals surface area contributed by atoms with Gasteiger partial charge in [0.2, 0.25) is 5.95 Å². The van der Waals surface area contributed by atoms with Crippen LogP contribution in [0.5, 0.6) is 0 Å². The molecule has 1 fully saturated rings. The molecule has 3 heterocycles. The maximum absolute atomic E-state index is 11.9. The van der Waals surface area contributed by atoms with Gasteiger partial charge in [0.25, 0.3) is 0 Å². The Morgan fingerprint density at radius 3 is 2.57 bits per heavy atom. The summed E-state index contributed by atoms with van der Waals surface area (Å²) in [6.45, 7) is 7.71. The second kappa shape index (κ2) is 8.50. The SMILES string of the molecule is Cc1ccc(-n2c(SCCn3c(C)csc3=O)nnc2N2CCOCC2)cc1. The molecule has 0 N–H and O–H groups in total. The summed E-state index contributed by atoms with van der Waals surface area (Å²) >= 11 is 2.87. The fourth-order valence-electron chi connectivity index (χ4n) is 3.15. The first-order chi connectivity index (χ1) is 13.6. The molecule has 0 spiro atoms. The van der Waals surface area contributed by atoms with Crippen molar-refractivity contribution in [2.75, 3.05) is 37.0 Å². The Labute approximate surface area is 172 Å². The molecule has 1 aromatic carbocycles. The van der Waals surface area contributed by atoms with E-state index in [4.69, 9.17) is 4.74 Å². The van der Waals surface area contributed by atoms with E-state index in [1.54, 1.807) is 11.8 Å². The molecule has 3 aromatic rings. The predicted octanol–water partition coefficient (Wildman–Crippen LogP) is 2.74. The van der Waals surface area contributed by atoms with Crippen molar-refractivity contribution >= 4 is 29.0 Å². The largest absolute Gasteiger partial charge is 0.378 e. The molecular formula is C19H23N5O2S2. The Morgan fingerprint density at radius 1 is 1.14 bits per heavy atom. The third-order valence-corrected chi connectivity index (χ3v) is 6.51. The van der Waals surface area contributed by atoms with Crippen molar-refractivity contribution in [3.05, 3.63) is 50.6 Å². The molecule has 0 radical (unpaired) electrons. The zero-order valence-corrected chi connectivity index (χ0v) is 17.6. The minimum Gasteiger partial charge on any atom is -0.378 e. The third-order valence-electron chi connectivity index (χ3n) is 4.72. The van der Waals surface area contributed by atoms with Crippen LogP contribution in [0.1, 0.15) is 11.3 Å². The van der Waals surface area contributed by atoms with Gasteiger partial charge in [0.05, 0.1) is 18.9 Å². The molecule has 2 aromatic heterocycles. The lowest BCUT2D eigenvalue weighted by Gasteiger charge is -2.28. The number of thioether (sulfide) groups is 1. The van der Waals surface area contributed by atoms with Gasteiger partial charge in [-0.25, -0.2) is 0 Å². The molecular weight excluding hydrogens is 394 g/mol. The fourth-order valence-corrected chi connectivity index (χ4v) is 4.78. The zero-order valence-electron chi connectivity index (χ0n) is 16.0. The standard InChI is InChI=1S/C19H23N5O2S2/c1-14-3-5-16(6-4-14)24-17(22-7-10-26-11-8-22)20-21-18(24)27-12-9-23-15(2)13-28-19(23)25/h3-6,13H,7-12H2,1-2H3. The lowest BCUT2D eigenvalue weighted by atomic mass is 10.2. The van der Waals surface area contributed by atoms with Gasteiger partial charge < -0.3 is 14.2 Å². The van der Waals surface area contributed by atoms with Crippen molar-refractivity contribution in [3.8, 4) is 5.69 Å². The van der Waals surface area contributed by atoms with Crippen LogP contribution in [0.4, 0.5) is 5.95 Å².